The second kappa shape index (κ2) is 6.28. The molecule has 4 aromatic rings. The second-order valence-corrected chi connectivity index (χ2v) is 5.58. The van der Waals surface area contributed by atoms with Crippen LogP contribution in [-0.4, -0.2) is 35.4 Å². The third-order valence-corrected chi connectivity index (χ3v) is 3.97. The fraction of sp³-hybridized carbons (Fsp3) is 0.118. The van der Waals surface area contributed by atoms with Gasteiger partial charge in [-0.15, -0.1) is 0 Å². The fourth-order valence-corrected chi connectivity index (χ4v) is 2.64. The third kappa shape index (κ3) is 2.65. The molecular formula is C17H15N7O2. The van der Waals surface area contributed by atoms with E-state index in [1.165, 1.54) is 23.4 Å². The number of aryl methyl sites for hydroxylation is 1. The van der Waals surface area contributed by atoms with Crippen LogP contribution in [0, 0.1) is 0 Å². The fourth-order valence-electron chi connectivity index (χ4n) is 2.64. The number of aromatic nitrogens is 6. The van der Waals surface area contributed by atoms with Crippen LogP contribution in [0.3, 0.4) is 0 Å². The van der Waals surface area contributed by atoms with Gasteiger partial charge in [0.15, 0.2) is 5.65 Å². The van der Waals surface area contributed by atoms with Crippen molar-refractivity contribution in [2.24, 2.45) is 0 Å². The molecule has 9 heteroatoms. The summed E-state index contributed by atoms with van der Waals surface area (Å²) in [5.41, 5.74) is 1.76. The van der Waals surface area contributed by atoms with Gasteiger partial charge in [0.05, 0.1) is 35.7 Å². The summed E-state index contributed by atoms with van der Waals surface area (Å²) in [5.74, 6) is -0.278. The quantitative estimate of drug-likeness (QED) is 0.581. The van der Waals surface area contributed by atoms with E-state index in [0.717, 1.165) is 0 Å². The van der Waals surface area contributed by atoms with E-state index < -0.39 is 0 Å². The number of rotatable bonds is 4. The third-order valence-electron chi connectivity index (χ3n) is 3.97. The van der Waals surface area contributed by atoms with Crippen LogP contribution in [0.2, 0.25) is 0 Å². The summed E-state index contributed by atoms with van der Waals surface area (Å²) in [6.07, 6.45) is 5.97. The molecule has 4 rings (SSSR count). The molecule has 0 spiro atoms. The first-order valence-corrected chi connectivity index (χ1v) is 8.02. The topological polar surface area (TPSA) is 110 Å². The normalized spacial score (nSPS) is 11.0. The number of anilines is 1. The van der Waals surface area contributed by atoms with Gasteiger partial charge in [-0.2, -0.15) is 10.2 Å². The maximum absolute atomic E-state index is 12.5. The zero-order valence-electron chi connectivity index (χ0n) is 13.9. The molecule has 0 aliphatic carbocycles. The Bertz CT molecular complexity index is 1160. The highest BCUT2D eigenvalue weighted by Crippen LogP contribution is 2.22. The molecular weight excluding hydrogens is 334 g/mol. The molecule has 0 unspecified atom stereocenters. The molecule has 0 aliphatic heterocycles. The van der Waals surface area contributed by atoms with Crippen molar-refractivity contribution in [3.05, 3.63) is 65.1 Å². The van der Waals surface area contributed by atoms with E-state index >= 15 is 0 Å². The first-order valence-electron chi connectivity index (χ1n) is 8.02. The van der Waals surface area contributed by atoms with Crippen LogP contribution in [0.4, 0.5) is 5.69 Å². The van der Waals surface area contributed by atoms with E-state index in [-0.39, 0.29) is 11.5 Å². The largest absolute Gasteiger partial charge is 0.320 e. The number of nitrogens with zero attached hydrogens (tertiary/aromatic N) is 5. The Balaban J connectivity index is 1.74. The average Bonchev–Trinajstić information content (AvgIpc) is 3.30. The van der Waals surface area contributed by atoms with E-state index in [1.807, 2.05) is 13.0 Å². The molecule has 0 atom stereocenters. The van der Waals surface area contributed by atoms with Gasteiger partial charge in [0.1, 0.15) is 5.39 Å². The second-order valence-electron chi connectivity index (χ2n) is 5.58. The van der Waals surface area contributed by atoms with Gasteiger partial charge < -0.3 is 10.3 Å². The van der Waals surface area contributed by atoms with Crippen molar-refractivity contribution >= 4 is 22.6 Å². The van der Waals surface area contributed by atoms with Crippen molar-refractivity contribution in [3.63, 3.8) is 0 Å². The van der Waals surface area contributed by atoms with Crippen LogP contribution in [0.5, 0.6) is 0 Å². The molecule has 1 aromatic carbocycles. The number of para-hydroxylation sites is 2. The van der Waals surface area contributed by atoms with Crippen molar-refractivity contribution in [2.45, 2.75) is 13.5 Å². The minimum Gasteiger partial charge on any atom is -0.320 e. The standard InChI is InChI=1S/C17H15N7O2/c1-2-23-9-11(7-20-23)16(25)22-13-5-3-4-6-14(13)24-15-12(8-21-24)17(26)19-10-18-15/h3-10H,2H2,1H3,(H,22,25)(H,18,19,26). The van der Waals surface area contributed by atoms with Gasteiger partial charge in [-0.05, 0) is 19.1 Å². The van der Waals surface area contributed by atoms with E-state index in [0.29, 0.717) is 34.5 Å². The molecule has 2 N–H and O–H groups in total. The highest BCUT2D eigenvalue weighted by atomic mass is 16.1. The van der Waals surface area contributed by atoms with Gasteiger partial charge in [0.2, 0.25) is 0 Å². The van der Waals surface area contributed by atoms with Crippen molar-refractivity contribution in [3.8, 4) is 5.69 Å². The van der Waals surface area contributed by atoms with Crippen LogP contribution in [-0.2, 0) is 6.54 Å². The first kappa shape index (κ1) is 15.8. The van der Waals surface area contributed by atoms with Gasteiger partial charge in [-0.1, -0.05) is 12.1 Å². The van der Waals surface area contributed by atoms with Crippen molar-refractivity contribution in [2.75, 3.05) is 5.32 Å². The van der Waals surface area contributed by atoms with Gasteiger partial charge in [0, 0.05) is 12.7 Å². The lowest BCUT2D eigenvalue weighted by atomic mass is 10.2. The van der Waals surface area contributed by atoms with Crippen molar-refractivity contribution < 1.29 is 4.79 Å². The Morgan fingerprint density at radius 3 is 2.88 bits per heavy atom. The van der Waals surface area contributed by atoms with Crippen LogP contribution in [0.15, 0.2) is 54.0 Å². The van der Waals surface area contributed by atoms with E-state index in [9.17, 15) is 9.59 Å². The van der Waals surface area contributed by atoms with E-state index in [2.05, 4.69) is 25.5 Å². The number of hydrogen-bond donors (Lipinski definition) is 2. The van der Waals surface area contributed by atoms with E-state index in [4.69, 9.17) is 0 Å². The maximum Gasteiger partial charge on any atom is 0.261 e. The first-order chi connectivity index (χ1) is 12.7. The molecule has 130 valence electrons. The minimum absolute atomic E-state index is 0.269. The Kier molecular flexibility index (Phi) is 3.81. The lowest BCUT2D eigenvalue weighted by Crippen LogP contribution is -2.14. The highest BCUT2D eigenvalue weighted by Gasteiger charge is 2.15. The summed E-state index contributed by atoms with van der Waals surface area (Å²) in [7, 11) is 0. The molecule has 3 heterocycles. The minimum atomic E-state index is -0.278. The molecule has 0 fully saturated rings. The number of H-pyrrole nitrogens is 1. The number of aromatic amines is 1. The number of carbonyl (C=O) groups is 1. The monoisotopic (exact) mass is 349 g/mol. The van der Waals surface area contributed by atoms with E-state index in [1.54, 1.807) is 29.1 Å². The summed E-state index contributed by atoms with van der Waals surface area (Å²) >= 11 is 0. The number of nitrogens with one attached hydrogen (secondary N) is 2. The van der Waals surface area contributed by atoms with Crippen LogP contribution in [0.1, 0.15) is 17.3 Å². The summed E-state index contributed by atoms with van der Waals surface area (Å²) in [4.78, 5) is 31.1. The molecule has 1 amide bonds. The molecule has 9 nitrogen and oxygen atoms in total. The smallest absolute Gasteiger partial charge is 0.261 e. The molecule has 3 aromatic heterocycles. The van der Waals surface area contributed by atoms with Crippen molar-refractivity contribution in [1.82, 2.24) is 29.5 Å². The summed E-state index contributed by atoms with van der Waals surface area (Å²) < 4.78 is 3.20. The zero-order chi connectivity index (χ0) is 18.1. The average molecular weight is 349 g/mol. The van der Waals surface area contributed by atoms with Gasteiger partial charge in [-0.25, -0.2) is 9.67 Å². The zero-order valence-corrected chi connectivity index (χ0v) is 13.9. The van der Waals surface area contributed by atoms with Gasteiger partial charge in [-0.3, -0.25) is 14.3 Å². The molecule has 0 aliphatic rings. The summed E-state index contributed by atoms with van der Waals surface area (Å²) in [6, 6.07) is 7.18. The highest BCUT2D eigenvalue weighted by molar-refractivity contribution is 6.05. The summed E-state index contributed by atoms with van der Waals surface area (Å²) in [5, 5.41) is 11.6. The van der Waals surface area contributed by atoms with Gasteiger partial charge >= 0.3 is 0 Å². The molecule has 0 bridgehead atoms. The Morgan fingerprint density at radius 2 is 2.08 bits per heavy atom. The lowest BCUT2D eigenvalue weighted by molar-refractivity contribution is 0.102. The Morgan fingerprint density at radius 1 is 1.23 bits per heavy atom. The van der Waals surface area contributed by atoms with Crippen LogP contribution < -0.4 is 10.9 Å². The number of carbonyl (C=O) groups excluding carboxylic acids is 1. The SMILES string of the molecule is CCn1cc(C(=O)Nc2ccccc2-n2ncc3c(=O)[nH]cnc32)cn1. The summed E-state index contributed by atoms with van der Waals surface area (Å²) in [6.45, 7) is 2.63. The van der Waals surface area contributed by atoms with Crippen LogP contribution >= 0.6 is 0 Å². The Labute approximate surface area is 147 Å². The Hall–Kier alpha value is -3.75. The number of amides is 1. The molecule has 0 radical (unpaired) electrons. The molecule has 26 heavy (non-hydrogen) atoms. The molecule has 0 saturated carbocycles. The number of hydrogen-bond acceptors (Lipinski definition) is 5. The number of fused-ring (bicyclic) bond motifs is 1. The maximum atomic E-state index is 12.5. The molecule has 0 saturated heterocycles. The van der Waals surface area contributed by atoms with Gasteiger partial charge in [0.25, 0.3) is 11.5 Å². The lowest BCUT2D eigenvalue weighted by Gasteiger charge is -2.10. The number of benzene rings is 1. The van der Waals surface area contributed by atoms with Crippen molar-refractivity contribution in [1.29, 1.82) is 0 Å². The predicted octanol–water partition coefficient (Wildman–Crippen LogP) is 1.58. The van der Waals surface area contributed by atoms with Crippen LogP contribution in [0.25, 0.3) is 16.7 Å². The predicted molar refractivity (Wildman–Crippen MR) is 95.3 cm³/mol.